The number of nitrogens with zero attached hydrogens (tertiary/aromatic N) is 2. The molecule has 0 unspecified atom stereocenters. The molecule has 0 N–H and O–H groups in total. The van der Waals surface area contributed by atoms with Gasteiger partial charge < -0.3 is 4.74 Å². The second-order valence-electron chi connectivity index (χ2n) is 6.48. The predicted octanol–water partition coefficient (Wildman–Crippen LogP) is 5.27. The third-order valence-electron chi connectivity index (χ3n) is 4.49. The molecule has 0 spiro atoms. The summed E-state index contributed by atoms with van der Waals surface area (Å²) >= 11 is 0. The molecular weight excluding hydrogens is 336 g/mol. The van der Waals surface area contributed by atoms with E-state index in [1.54, 1.807) is 18.3 Å². The van der Waals surface area contributed by atoms with Crippen molar-refractivity contribution in [2.24, 2.45) is 0 Å². The fourth-order valence-electron chi connectivity index (χ4n) is 2.77. The van der Waals surface area contributed by atoms with Gasteiger partial charge in [0.25, 0.3) is 0 Å². The number of carbonyl (C=O) groups excluding carboxylic acids is 1. The molecule has 138 valence electrons. The third kappa shape index (κ3) is 5.00. The molecule has 3 aromatic rings. The average Bonchev–Trinajstić information content (AvgIpc) is 2.73. The molecule has 0 fully saturated rings. The minimum absolute atomic E-state index is 0.197. The Bertz CT molecular complexity index is 870. The Morgan fingerprint density at radius 2 is 1.59 bits per heavy atom. The Morgan fingerprint density at radius 1 is 0.889 bits per heavy atom. The van der Waals surface area contributed by atoms with Crippen LogP contribution in [-0.2, 0) is 12.8 Å². The van der Waals surface area contributed by atoms with Crippen LogP contribution in [0, 0.1) is 0 Å². The van der Waals surface area contributed by atoms with Crippen molar-refractivity contribution >= 4 is 5.97 Å². The van der Waals surface area contributed by atoms with Crippen LogP contribution in [0.5, 0.6) is 5.88 Å². The standard InChI is InChI=1S/C23H24N2O2/c1-3-5-6-18-9-11-19(12-10-18)21-15-25-22(16-24-21)27-23(26)20-13-7-17(4-2)8-14-20/h7-16H,3-6H2,1-2H3. The van der Waals surface area contributed by atoms with E-state index in [2.05, 4.69) is 48.1 Å². The molecule has 0 aliphatic rings. The molecule has 1 aromatic heterocycles. The molecule has 0 saturated heterocycles. The Labute approximate surface area is 160 Å². The highest BCUT2D eigenvalue weighted by Gasteiger charge is 2.10. The molecule has 0 aliphatic carbocycles. The van der Waals surface area contributed by atoms with E-state index in [4.69, 9.17) is 4.74 Å². The molecule has 0 aliphatic heterocycles. The summed E-state index contributed by atoms with van der Waals surface area (Å²) in [6.45, 7) is 4.27. The minimum Gasteiger partial charge on any atom is -0.402 e. The summed E-state index contributed by atoms with van der Waals surface area (Å²) in [5, 5.41) is 0. The van der Waals surface area contributed by atoms with Gasteiger partial charge >= 0.3 is 5.97 Å². The Kier molecular flexibility index (Phi) is 6.31. The van der Waals surface area contributed by atoms with Crippen LogP contribution in [0.2, 0.25) is 0 Å². The van der Waals surface area contributed by atoms with E-state index in [0.29, 0.717) is 5.56 Å². The van der Waals surface area contributed by atoms with Crippen LogP contribution in [0.3, 0.4) is 0 Å². The predicted molar refractivity (Wildman–Crippen MR) is 107 cm³/mol. The van der Waals surface area contributed by atoms with Gasteiger partial charge in [-0.2, -0.15) is 0 Å². The lowest BCUT2D eigenvalue weighted by Crippen LogP contribution is -2.09. The number of esters is 1. The maximum atomic E-state index is 12.2. The number of hydrogen-bond donors (Lipinski definition) is 0. The molecule has 4 nitrogen and oxygen atoms in total. The quantitative estimate of drug-likeness (QED) is 0.539. The van der Waals surface area contributed by atoms with Gasteiger partial charge in [-0.3, -0.25) is 0 Å². The van der Waals surface area contributed by atoms with E-state index in [1.807, 2.05) is 12.1 Å². The average molecular weight is 360 g/mol. The highest BCUT2D eigenvalue weighted by Crippen LogP contribution is 2.19. The SMILES string of the molecule is CCCCc1ccc(-c2cnc(OC(=O)c3ccc(CC)cc3)cn2)cc1. The molecule has 0 bridgehead atoms. The molecule has 1 heterocycles. The topological polar surface area (TPSA) is 52.1 Å². The van der Waals surface area contributed by atoms with E-state index in [1.165, 1.54) is 30.2 Å². The van der Waals surface area contributed by atoms with Crippen molar-refractivity contribution < 1.29 is 9.53 Å². The number of hydrogen-bond acceptors (Lipinski definition) is 4. The minimum atomic E-state index is -0.431. The number of aryl methyl sites for hydroxylation is 2. The summed E-state index contributed by atoms with van der Waals surface area (Å²) in [4.78, 5) is 20.8. The maximum absolute atomic E-state index is 12.2. The van der Waals surface area contributed by atoms with Crippen molar-refractivity contribution in [2.45, 2.75) is 39.5 Å². The second-order valence-corrected chi connectivity index (χ2v) is 6.48. The van der Waals surface area contributed by atoms with Crippen LogP contribution in [0.25, 0.3) is 11.3 Å². The summed E-state index contributed by atoms with van der Waals surface area (Å²) in [5.74, 6) is -0.233. The molecule has 3 rings (SSSR count). The van der Waals surface area contributed by atoms with Gasteiger partial charge in [-0.25, -0.2) is 14.8 Å². The van der Waals surface area contributed by atoms with Gasteiger partial charge in [-0.1, -0.05) is 56.7 Å². The molecular formula is C23H24N2O2. The number of ether oxygens (including phenoxy) is 1. The first-order chi connectivity index (χ1) is 13.2. The summed E-state index contributed by atoms with van der Waals surface area (Å²) in [5.41, 5.74) is 4.75. The Balaban J connectivity index is 1.65. The van der Waals surface area contributed by atoms with Crippen LogP contribution in [0.15, 0.2) is 60.9 Å². The van der Waals surface area contributed by atoms with Crippen molar-refractivity contribution in [3.8, 4) is 17.1 Å². The van der Waals surface area contributed by atoms with Crippen molar-refractivity contribution in [3.63, 3.8) is 0 Å². The molecule has 2 aromatic carbocycles. The van der Waals surface area contributed by atoms with Crippen LogP contribution in [0.1, 0.15) is 48.2 Å². The van der Waals surface area contributed by atoms with Gasteiger partial charge in [0.15, 0.2) is 0 Å². The number of aromatic nitrogens is 2. The van der Waals surface area contributed by atoms with Crippen LogP contribution >= 0.6 is 0 Å². The molecule has 0 atom stereocenters. The van der Waals surface area contributed by atoms with Crippen LogP contribution in [0.4, 0.5) is 0 Å². The first-order valence-electron chi connectivity index (χ1n) is 9.42. The first-order valence-corrected chi connectivity index (χ1v) is 9.42. The number of benzene rings is 2. The van der Waals surface area contributed by atoms with Crippen molar-refractivity contribution in [2.75, 3.05) is 0 Å². The fourth-order valence-corrected chi connectivity index (χ4v) is 2.77. The van der Waals surface area contributed by atoms with Gasteiger partial charge in [0.05, 0.1) is 23.7 Å². The van der Waals surface area contributed by atoms with Gasteiger partial charge in [-0.05, 0) is 42.5 Å². The van der Waals surface area contributed by atoms with E-state index in [9.17, 15) is 4.79 Å². The normalized spacial score (nSPS) is 10.6. The zero-order chi connectivity index (χ0) is 19.1. The summed E-state index contributed by atoms with van der Waals surface area (Å²) in [6.07, 6.45) is 7.53. The third-order valence-corrected chi connectivity index (χ3v) is 4.49. The van der Waals surface area contributed by atoms with Gasteiger partial charge in [-0.15, -0.1) is 0 Å². The smallest absolute Gasteiger partial charge is 0.344 e. The summed E-state index contributed by atoms with van der Waals surface area (Å²) in [7, 11) is 0. The van der Waals surface area contributed by atoms with Gasteiger partial charge in [0.2, 0.25) is 5.88 Å². The number of carbonyl (C=O) groups is 1. The van der Waals surface area contributed by atoms with Crippen molar-refractivity contribution in [1.29, 1.82) is 0 Å². The lowest BCUT2D eigenvalue weighted by Gasteiger charge is -2.06. The van der Waals surface area contributed by atoms with E-state index >= 15 is 0 Å². The maximum Gasteiger partial charge on any atom is 0.344 e. The van der Waals surface area contributed by atoms with Gasteiger partial charge in [0, 0.05) is 5.56 Å². The monoisotopic (exact) mass is 360 g/mol. The number of unbranched alkanes of at least 4 members (excludes halogenated alkanes) is 1. The lowest BCUT2D eigenvalue weighted by molar-refractivity contribution is 0.0727. The van der Waals surface area contributed by atoms with Crippen LogP contribution < -0.4 is 4.74 Å². The largest absolute Gasteiger partial charge is 0.402 e. The number of rotatable bonds is 7. The van der Waals surface area contributed by atoms with Gasteiger partial charge in [0.1, 0.15) is 0 Å². The van der Waals surface area contributed by atoms with E-state index in [-0.39, 0.29) is 5.88 Å². The highest BCUT2D eigenvalue weighted by atomic mass is 16.5. The van der Waals surface area contributed by atoms with E-state index in [0.717, 1.165) is 24.1 Å². The molecule has 27 heavy (non-hydrogen) atoms. The molecule has 0 amide bonds. The van der Waals surface area contributed by atoms with Crippen molar-refractivity contribution in [1.82, 2.24) is 9.97 Å². The zero-order valence-corrected chi connectivity index (χ0v) is 15.8. The zero-order valence-electron chi connectivity index (χ0n) is 15.8. The highest BCUT2D eigenvalue weighted by molar-refractivity contribution is 5.90. The lowest BCUT2D eigenvalue weighted by atomic mass is 10.1. The fraction of sp³-hybridized carbons (Fsp3) is 0.261. The van der Waals surface area contributed by atoms with Crippen LogP contribution in [-0.4, -0.2) is 15.9 Å². The molecule has 0 saturated carbocycles. The molecule has 0 radical (unpaired) electrons. The first kappa shape index (κ1) is 18.8. The van der Waals surface area contributed by atoms with Crippen molar-refractivity contribution in [3.05, 3.63) is 77.6 Å². The molecule has 4 heteroatoms. The van der Waals surface area contributed by atoms with E-state index < -0.39 is 5.97 Å². The summed E-state index contributed by atoms with van der Waals surface area (Å²) in [6, 6.07) is 15.7. The summed E-state index contributed by atoms with van der Waals surface area (Å²) < 4.78 is 5.32. The second kappa shape index (κ2) is 9.08. The Hall–Kier alpha value is -3.01. The Morgan fingerprint density at radius 3 is 2.19 bits per heavy atom.